The quantitative estimate of drug-likeness (QED) is 0.171. The maximum absolute atomic E-state index is 13.6. The van der Waals surface area contributed by atoms with E-state index in [-0.39, 0.29) is 22.8 Å². The zero-order valence-corrected chi connectivity index (χ0v) is 25.7. The van der Waals surface area contributed by atoms with Crippen molar-refractivity contribution in [1.29, 1.82) is 0 Å². The molecule has 0 aliphatic carbocycles. The summed E-state index contributed by atoms with van der Waals surface area (Å²) >= 11 is 0. The monoisotopic (exact) mass is 592 g/mol. The van der Waals surface area contributed by atoms with Crippen molar-refractivity contribution in [1.82, 2.24) is 10.2 Å². The number of aliphatic imine (C=N–C) groups is 1. The zero-order valence-electron chi connectivity index (χ0n) is 25.7. The minimum atomic E-state index is -0.608. The number of carbonyl (C=O) groups excluding carboxylic acids is 2. The summed E-state index contributed by atoms with van der Waals surface area (Å²) in [7, 11) is 0. The van der Waals surface area contributed by atoms with Crippen molar-refractivity contribution in [3.63, 3.8) is 0 Å². The number of carbonyl (C=O) groups is 2. The molecule has 8 nitrogen and oxygen atoms in total. The zero-order chi connectivity index (χ0) is 31.3. The fraction of sp³-hybridized carbons (Fsp3) is 0.361. The Morgan fingerprint density at radius 2 is 1.50 bits per heavy atom. The van der Waals surface area contributed by atoms with Crippen molar-refractivity contribution in [2.24, 2.45) is 10.9 Å². The van der Waals surface area contributed by atoms with Crippen molar-refractivity contribution in [2.75, 3.05) is 26.2 Å². The second-order valence-corrected chi connectivity index (χ2v) is 11.9. The minimum absolute atomic E-state index is 0.00297. The predicted molar refractivity (Wildman–Crippen MR) is 173 cm³/mol. The Balaban J connectivity index is 1.23. The molecule has 1 amide bonds. The first-order valence-electron chi connectivity index (χ1n) is 15.3. The molecule has 0 spiro atoms. The maximum Gasteiger partial charge on any atom is 0.269 e. The van der Waals surface area contributed by atoms with Gasteiger partial charge in [-0.1, -0.05) is 72.8 Å². The first kappa shape index (κ1) is 31.0. The molecule has 2 atom stereocenters. The van der Waals surface area contributed by atoms with Gasteiger partial charge in [0.05, 0.1) is 10.8 Å². The molecule has 1 saturated heterocycles. The average molecular weight is 593 g/mol. The van der Waals surface area contributed by atoms with Crippen LogP contribution in [0.15, 0.2) is 101 Å². The van der Waals surface area contributed by atoms with Crippen molar-refractivity contribution in [3.05, 3.63) is 123 Å². The number of hydrogen-bond donors (Lipinski definition) is 1. The van der Waals surface area contributed by atoms with E-state index in [0.717, 1.165) is 38.9 Å². The number of piperidine rings is 1. The third-order valence-corrected chi connectivity index (χ3v) is 9.27. The first-order chi connectivity index (χ1) is 21.2. The van der Waals surface area contributed by atoms with E-state index in [1.807, 2.05) is 0 Å². The van der Waals surface area contributed by atoms with E-state index in [2.05, 4.69) is 75.9 Å². The fourth-order valence-electron chi connectivity index (χ4n) is 7.04. The lowest BCUT2D eigenvalue weighted by atomic mass is 9.68. The number of allylic oxidation sites excluding steroid dienone is 1. The van der Waals surface area contributed by atoms with Gasteiger partial charge in [-0.25, -0.2) is 0 Å². The van der Waals surface area contributed by atoms with E-state index in [1.165, 1.54) is 30.2 Å². The molecule has 2 aliphatic heterocycles. The van der Waals surface area contributed by atoms with Crippen LogP contribution >= 0.6 is 0 Å². The summed E-state index contributed by atoms with van der Waals surface area (Å²) in [4.78, 5) is 44.2. The van der Waals surface area contributed by atoms with Crippen LogP contribution in [-0.4, -0.2) is 53.4 Å². The number of nitrogens with zero attached hydrogens (tertiary/aromatic N) is 3. The molecule has 1 N–H and O–H groups in total. The van der Waals surface area contributed by atoms with Crippen molar-refractivity contribution in [2.45, 2.75) is 51.4 Å². The number of nitro groups is 1. The molecule has 2 unspecified atom stereocenters. The number of ketones is 1. The van der Waals surface area contributed by atoms with Gasteiger partial charge in [0.2, 0.25) is 5.91 Å². The average Bonchev–Trinajstić information content (AvgIpc) is 3.03. The number of likely N-dealkylation sites (tertiary alicyclic amines) is 1. The standard InChI is InChI=1S/C36H40N4O4/c1-25-32(27(3)41)34(28-15-17-31(18-16-28)40(43)44)33(26(2)38-25)35(42)37-21-10-22-39-23-19-36(20-24-39,29-11-6-4-7-12-29)30-13-8-5-9-14-30/h4-9,11-18,32,34H,10,19-24H2,1-3H3,(H,37,42). The van der Waals surface area contributed by atoms with E-state index in [9.17, 15) is 19.7 Å². The van der Waals surface area contributed by atoms with Gasteiger partial charge >= 0.3 is 0 Å². The minimum Gasteiger partial charge on any atom is -0.352 e. The van der Waals surface area contributed by atoms with Gasteiger partial charge in [-0.15, -0.1) is 0 Å². The second kappa shape index (κ2) is 13.5. The number of Topliss-reactive ketones (excluding diaryl/α,β-unsaturated/α-hetero) is 1. The number of amides is 1. The summed E-state index contributed by atoms with van der Waals surface area (Å²) in [6.07, 6.45) is 2.85. The Labute approximate surface area is 259 Å². The molecule has 0 bridgehead atoms. The van der Waals surface area contributed by atoms with Crippen LogP contribution in [-0.2, 0) is 15.0 Å². The summed E-state index contributed by atoms with van der Waals surface area (Å²) < 4.78 is 0. The molecule has 1 fully saturated rings. The third kappa shape index (κ3) is 6.40. The van der Waals surface area contributed by atoms with E-state index < -0.39 is 16.8 Å². The van der Waals surface area contributed by atoms with E-state index in [1.54, 1.807) is 26.0 Å². The Hall–Kier alpha value is -4.43. The van der Waals surface area contributed by atoms with Gasteiger partial charge < -0.3 is 10.2 Å². The lowest BCUT2D eigenvalue weighted by Crippen LogP contribution is -2.44. The number of hydrogen-bond acceptors (Lipinski definition) is 6. The smallest absolute Gasteiger partial charge is 0.269 e. The van der Waals surface area contributed by atoms with Crippen LogP contribution in [0, 0.1) is 16.0 Å². The fourth-order valence-corrected chi connectivity index (χ4v) is 7.04. The van der Waals surface area contributed by atoms with Crippen LogP contribution in [0.2, 0.25) is 0 Å². The molecule has 5 rings (SSSR count). The van der Waals surface area contributed by atoms with Gasteiger partial charge in [0.25, 0.3) is 5.69 Å². The van der Waals surface area contributed by atoms with Crippen molar-refractivity contribution >= 4 is 23.1 Å². The van der Waals surface area contributed by atoms with E-state index >= 15 is 0 Å². The van der Waals surface area contributed by atoms with Gasteiger partial charge in [-0.2, -0.15) is 0 Å². The number of benzene rings is 3. The molecule has 0 aromatic heterocycles. The number of rotatable bonds is 10. The van der Waals surface area contributed by atoms with Gasteiger partial charge in [0.1, 0.15) is 5.78 Å². The molecular formula is C36H40N4O4. The molecule has 0 radical (unpaired) electrons. The van der Waals surface area contributed by atoms with Gasteiger partial charge in [-0.3, -0.25) is 24.7 Å². The van der Waals surface area contributed by atoms with Crippen molar-refractivity contribution < 1.29 is 14.5 Å². The first-order valence-corrected chi connectivity index (χ1v) is 15.3. The third-order valence-electron chi connectivity index (χ3n) is 9.27. The lowest BCUT2D eigenvalue weighted by molar-refractivity contribution is -0.384. The largest absolute Gasteiger partial charge is 0.352 e. The summed E-state index contributed by atoms with van der Waals surface area (Å²) in [5.41, 5.74) is 5.01. The maximum atomic E-state index is 13.6. The second-order valence-electron chi connectivity index (χ2n) is 11.9. The van der Waals surface area contributed by atoms with Crippen LogP contribution in [0.1, 0.15) is 62.6 Å². The van der Waals surface area contributed by atoms with Crippen LogP contribution in [0.3, 0.4) is 0 Å². The van der Waals surface area contributed by atoms with Gasteiger partial charge in [-0.05, 0) is 76.4 Å². The summed E-state index contributed by atoms with van der Waals surface area (Å²) in [5, 5.41) is 14.3. The number of nitro benzene ring substituents is 1. The Morgan fingerprint density at radius 3 is 2.02 bits per heavy atom. The molecular weight excluding hydrogens is 552 g/mol. The highest BCUT2D eigenvalue weighted by molar-refractivity contribution is 6.09. The predicted octanol–water partition coefficient (Wildman–Crippen LogP) is 6.22. The van der Waals surface area contributed by atoms with Crippen LogP contribution < -0.4 is 5.32 Å². The van der Waals surface area contributed by atoms with Crippen LogP contribution in [0.25, 0.3) is 0 Å². The van der Waals surface area contributed by atoms with Crippen LogP contribution in [0.4, 0.5) is 5.69 Å². The lowest BCUT2D eigenvalue weighted by Gasteiger charge is -2.43. The number of non-ortho nitro benzene ring substituents is 1. The molecule has 3 aromatic carbocycles. The highest BCUT2D eigenvalue weighted by Gasteiger charge is 2.40. The number of nitrogens with one attached hydrogen (secondary N) is 1. The SMILES string of the molecule is CC(=O)C1C(C)=NC(C)=C(C(=O)NCCCN2CCC(c3ccccc3)(c3ccccc3)CC2)C1c1ccc([N+](=O)[O-])cc1. The molecule has 3 aromatic rings. The normalized spacial score (nSPS) is 20.1. The Kier molecular flexibility index (Phi) is 9.49. The molecule has 44 heavy (non-hydrogen) atoms. The molecule has 0 saturated carbocycles. The highest BCUT2D eigenvalue weighted by Crippen LogP contribution is 2.42. The van der Waals surface area contributed by atoms with Crippen molar-refractivity contribution in [3.8, 4) is 0 Å². The summed E-state index contributed by atoms with van der Waals surface area (Å²) in [6.45, 7) is 8.39. The van der Waals surface area contributed by atoms with Gasteiger partial charge in [0, 0.05) is 47.0 Å². The van der Waals surface area contributed by atoms with Gasteiger partial charge in [0.15, 0.2) is 0 Å². The molecule has 228 valence electrons. The van der Waals surface area contributed by atoms with E-state index in [0.29, 0.717) is 29.1 Å². The Morgan fingerprint density at radius 1 is 0.932 bits per heavy atom. The molecule has 2 aliphatic rings. The van der Waals surface area contributed by atoms with Crippen LogP contribution in [0.5, 0.6) is 0 Å². The highest BCUT2D eigenvalue weighted by atomic mass is 16.6. The molecule has 8 heteroatoms. The molecule has 2 heterocycles. The summed E-state index contributed by atoms with van der Waals surface area (Å²) in [5.74, 6) is -1.51. The Bertz CT molecular complexity index is 1520. The summed E-state index contributed by atoms with van der Waals surface area (Å²) in [6, 6.07) is 27.7. The topological polar surface area (TPSA) is 105 Å². The van der Waals surface area contributed by atoms with E-state index in [4.69, 9.17) is 0 Å².